The van der Waals surface area contributed by atoms with E-state index in [2.05, 4.69) is 11.6 Å². The minimum Gasteiger partial charge on any atom is -0.480 e. The summed E-state index contributed by atoms with van der Waals surface area (Å²) in [5, 5.41) is 11.8. The van der Waals surface area contributed by atoms with Crippen molar-refractivity contribution in [1.29, 1.82) is 0 Å². The monoisotopic (exact) mass is 306 g/mol. The molecule has 19 heavy (non-hydrogen) atoms. The Hall–Kier alpha value is -0.560. The summed E-state index contributed by atoms with van der Waals surface area (Å²) < 4.78 is 0. The Morgan fingerprint density at radius 2 is 2.11 bits per heavy atom. The van der Waals surface area contributed by atoms with Crippen molar-refractivity contribution in [2.45, 2.75) is 31.7 Å². The van der Waals surface area contributed by atoms with Gasteiger partial charge in [-0.1, -0.05) is 12.8 Å². The van der Waals surface area contributed by atoms with E-state index in [0.29, 0.717) is 18.2 Å². The number of carboxylic acid groups (broad SMARTS) is 1. The van der Waals surface area contributed by atoms with Gasteiger partial charge in [0.25, 0.3) is 0 Å². The Balaban J connectivity index is 2.12. The van der Waals surface area contributed by atoms with Gasteiger partial charge in [-0.25, -0.2) is 9.59 Å². The summed E-state index contributed by atoms with van der Waals surface area (Å²) in [6.07, 6.45) is 6.58. The molecule has 1 atom stereocenters. The number of carboxylic acids is 1. The van der Waals surface area contributed by atoms with E-state index in [1.807, 2.05) is 11.8 Å². The third-order valence-electron chi connectivity index (χ3n) is 2.98. The summed E-state index contributed by atoms with van der Waals surface area (Å²) in [5.41, 5.74) is 0. The first kappa shape index (κ1) is 16.5. The molecule has 0 aromatic heterocycles. The van der Waals surface area contributed by atoms with Gasteiger partial charge in [-0.15, -0.1) is 11.8 Å². The lowest BCUT2D eigenvalue weighted by atomic mass is 10.2. The maximum Gasteiger partial charge on any atom is 0.327 e. The molecular weight excluding hydrogens is 284 g/mol. The van der Waals surface area contributed by atoms with Gasteiger partial charge in [0.05, 0.1) is 5.88 Å². The zero-order chi connectivity index (χ0) is 14.1. The van der Waals surface area contributed by atoms with E-state index in [9.17, 15) is 9.59 Å². The summed E-state index contributed by atoms with van der Waals surface area (Å²) in [7, 11) is 0. The molecule has 0 aromatic carbocycles. The molecule has 0 spiro atoms. The van der Waals surface area contributed by atoms with Crippen LogP contribution in [-0.4, -0.2) is 58.2 Å². The van der Waals surface area contributed by atoms with Crippen LogP contribution in [-0.2, 0) is 4.79 Å². The minimum absolute atomic E-state index is 0.249. The van der Waals surface area contributed by atoms with E-state index >= 15 is 0 Å². The fraction of sp³-hybridized carbons (Fsp3) is 0.833. The smallest absolute Gasteiger partial charge is 0.327 e. The molecule has 1 rings (SSSR count). The first-order chi connectivity index (χ1) is 9.16. The Kier molecular flexibility index (Phi) is 8.13. The quantitative estimate of drug-likeness (QED) is 0.672. The lowest BCUT2D eigenvalue weighted by Crippen LogP contribution is -2.47. The highest BCUT2D eigenvalue weighted by atomic mass is 32.2. The molecule has 2 N–H and O–H groups in total. The standard InChI is InChI=1S/C12H22N2O3S2/c1-18-7-5-3-2-4-6-13-12(17)14-9-19-8-10(14)11(15)16/h10H,2-9H2,1H3,(H,13,17)(H,15,16). The number of nitrogens with one attached hydrogen (secondary N) is 1. The van der Waals surface area contributed by atoms with Crippen LogP contribution in [0.25, 0.3) is 0 Å². The van der Waals surface area contributed by atoms with Crippen LogP contribution in [0.15, 0.2) is 0 Å². The van der Waals surface area contributed by atoms with Crippen molar-refractivity contribution >= 4 is 35.5 Å². The molecule has 1 aliphatic rings. The van der Waals surface area contributed by atoms with Gasteiger partial charge in [-0.3, -0.25) is 0 Å². The number of urea groups is 1. The fourth-order valence-corrected chi connectivity index (χ4v) is 3.51. The Morgan fingerprint density at radius 3 is 2.79 bits per heavy atom. The number of thioether (sulfide) groups is 2. The van der Waals surface area contributed by atoms with Gasteiger partial charge in [0.2, 0.25) is 0 Å². The van der Waals surface area contributed by atoms with Gasteiger partial charge in [0, 0.05) is 12.3 Å². The minimum atomic E-state index is -0.919. The largest absolute Gasteiger partial charge is 0.480 e. The van der Waals surface area contributed by atoms with Crippen molar-refractivity contribution in [2.75, 3.05) is 30.2 Å². The molecule has 0 saturated carbocycles. The van der Waals surface area contributed by atoms with Crippen LogP contribution >= 0.6 is 23.5 Å². The molecule has 5 nitrogen and oxygen atoms in total. The van der Waals surface area contributed by atoms with Crippen LogP contribution in [0.1, 0.15) is 25.7 Å². The summed E-state index contributed by atoms with van der Waals surface area (Å²) >= 11 is 3.34. The van der Waals surface area contributed by atoms with E-state index in [-0.39, 0.29) is 6.03 Å². The number of amides is 2. The van der Waals surface area contributed by atoms with Crippen molar-refractivity contribution in [2.24, 2.45) is 0 Å². The number of carbonyl (C=O) groups excluding carboxylic acids is 1. The van der Waals surface area contributed by atoms with Crippen molar-refractivity contribution < 1.29 is 14.7 Å². The normalized spacial score (nSPS) is 18.6. The second-order valence-corrected chi connectivity index (χ2v) is 6.45. The van der Waals surface area contributed by atoms with Crippen molar-refractivity contribution in [3.05, 3.63) is 0 Å². The molecule has 1 fully saturated rings. The fourth-order valence-electron chi connectivity index (χ4n) is 1.87. The van der Waals surface area contributed by atoms with E-state index in [1.54, 1.807) is 0 Å². The molecule has 0 aromatic rings. The van der Waals surface area contributed by atoms with Crippen LogP contribution in [0.2, 0.25) is 0 Å². The molecule has 110 valence electrons. The van der Waals surface area contributed by atoms with Crippen LogP contribution in [0, 0.1) is 0 Å². The second-order valence-electron chi connectivity index (χ2n) is 4.46. The maximum absolute atomic E-state index is 11.8. The molecule has 7 heteroatoms. The van der Waals surface area contributed by atoms with E-state index in [1.165, 1.54) is 35.3 Å². The summed E-state index contributed by atoms with van der Waals surface area (Å²) in [6, 6.07) is -0.923. The SMILES string of the molecule is CSCCCCCCNC(=O)N1CSCC1C(=O)O. The number of unbranched alkanes of at least 4 members (excludes halogenated alkanes) is 3. The average molecular weight is 306 g/mol. The highest BCUT2D eigenvalue weighted by molar-refractivity contribution is 7.99. The third-order valence-corrected chi connectivity index (χ3v) is 4.69. The molecule has 0 radical (unpaired) electrons. The zero-order valence-electron chi connectivity index (χ0n) is 11.3. The zero-order valence-corrected chi connectivity index (χ0v) is 12.9. The molecule has 1 aliphatic heterocycles. The third kappa shape index (κ3) is 5.95. The molecular formula is C12H22N2O3S2. The molecule has 1 heterocycles. The van der Waals surface area contributed by atoms with Crippen LogP contribution < -0.4 is 5.32 Å². The van der Waals surface area contributed by atoms with Gasteiger partial charge in [-0.05, 0) is 24.9 Å². The number of rotatable bonds is 8. The maximum atomic E-state index is 11.8. The van der Waals surface area contributed by atoms with E-state index in [0.717, 1.165) is 12.8 Å². The first-order valence-electron chi connectivity index (χ1n) is 6.50. The van der Waals surface area contributed by atoms with E-state index < -0.39 is 12.0 Å². The Labute approximate surface area is 122 Å². The second kappa shape index (κ2) is 9.36. The van der Waals surface area contributed by atoms with Gasteiger partial charge < -0.3 is 15.3 Å². The van der Waals surface area contributed by atoms with Gasteiger partial charge >= 0.3 is 12.0 Å². The lowest BCUT2D eigenvalue weighted by molar-refractivity contribution is -0.140. The lowest BCUT2D eigenvalue weighted by Gasteiger charge is -2.20. The number of aliphatic carboxylic acids is 1. The van der Waals surface area contributed by atoms with Crippen LogP contribution in [0.4, 0.5) is 4.79 Å². The van der Waals surface area contributed by atoms with Gasteiger partial charge in [0.15, 0.2) is 0 Å². The number of nitrogens with zero attached hydrogens (tertiary/aromatic N) is 1. The average Bonchev–Trinajstić information content (AvgIpc) is 2.87. The Morgan fingerprint density at radius 1 is 1.37 bits per heavy atom. The summed E-state index contributed by atoms with van der Waals surface area (Å²) in [6.45, 7) is 0.631. The van der Waals surface area contributed by atoms with Crippen molar-refractivity contribution in [3.63, 3.8) is 0 Å². The molecule has 1 unspecified atom stereocenters. The van der Waals surface area contributed by atoms with Crippen molar-refractivity contribution in [3.8, 4) is 0 Å². The molecule has 0 bridgehead atoms. The van der Waals surface area contributed by atoms with Gasteiger partial charge in [0.1, 0.15) is 6.04 Å². The van der Waals surface area contributed by atoms with Crippen LogP contribution in [0.5, 0.6) is 0 Å². The summed E-state index contributed by atoms with van der Waals surface area (Å²) in [4.78, 5) is 24.2. The topological polar surface area (TPSA) is 69.6 Å². The molecule has 1 saturated heterocycles. The molecule has 2 amide bonds. The molecule has 0 aliphatic carbocycles. The highest BCUT2D eigenvalue weighted by Crippen LogP contribution is 2.20. The summed E-state index contributed by atoms with van der Waals surface area (Å²) in [5.74, 6) is 1.23. The van der Waals surface area contributed by atoms with Gasteiger partial charge in [-0.2, -0.15) is 11.8 Å². The van der Waals surface area contributed by atoms with Crippen LogP contribution in [0.3, 0.4) is 0 Å². The number of carbonyl (C=O) groups is 2. The first-order valence-corrected chi connectivity index (χ1v) is 9.05. The van der Waals surface area contributed by atoms with E-state index in [4.69, 9.17) is 5.11 Å². The Bertz CT molecular complexity index is 303. The predicted molar refractivity (Wildman–Crippen MR) is 80.8 cm³/mol. The highest BCUT2D eigenvalue weighted by Gasteiger charge is 2.34. The number of hydrogen-bond acceptors (Lipinski definition) is 4. The predicted octanol–water partition coefficient (Wildman–Crippen LogP) is 2.08. The number of hydrogen-bond donors (Lipinski definition) is 2. The van der Waals surface area contributed by atoms with Crippen molar-refractivity contribution in [1.82, 2.24) is 10.2 Å².